The summed E-state index contributed by atoms with van der Waals surface area (Å²) < 4.78 is 0. The van der Waals surface area contributed by atoms with Gasteiger partial charge in [-0.05, 0) is 12.1 Å². The molecule has 1 heterocycles. The van der Waals surface area contributed by atoms with Crippen molar-refractivity contribution in [2.75, 3.05) is 31.6 Å². The fourth-order valence-electron chi connectivity index (χ4n) is 1.99. The van der Waals surface area contributed by atoms with Crippen LogP contribution in [0.5, 0.6) is 0 Å². The minimum atomic E-state index is -0.255. The van der Waals surface area contributed by atoms with Crippen molar-refractivity contribution in [3.05, 3.63) is 29.8 Å². The summed E-state index contributed by atoms with van der Waals surface area (Å²) in [6.07, 6.45) is 0. The predicted molar refractivity (Wildman–Crippen MR) is 69.8 cm³/mol. The third kappa shape index (κ3) is 2.48. The average molecular weight is 261 g/mol. The van der Waals surface area contributed by atoms with Crippen molar-refractivity contribution < 1.29 is 14.4 Å². The van der Waals surface area contributed by atoms with E-state index in [-0.39, 0.29) is 37.2 Å². The Labute approximate surface area is 110 Å². The largest absolute Gasteiger partial charge is 0.335 e. The van der Waals surface area contributed by atoms with Crippen molar-refractivity contribution in [1.29, 1.82) is 0 Å². The van der Waals surface area contributed by atoms with E-state index in [4.69, 9.17) is 5.73 Å². The molecule has 2 rings (SSSR count). The van der Waals surface area contributed by atoms with Crippen molar-refractivity contribution in [3.8, 4) is 0 Å². The van der Waals surface area contributed by atoms with Gasteiger partial charge < -0.3 is 15.5 Å². The molecule has 0 bridgehead atoms. The van der Waals surface area contributed by atoms with E-state index in [2.05, 4.69) is 0 Å². The highest BCUT2D eigenvalue weighted by atomic mass is 16.2. The normalized spacial score (nSPS) is 15.9. The first kappa shape index (κ1) is 13.2. The van der Waals surface area contributed by atoms with Crippen LogP contribution >= 0.6 is 0 Å². The van der Waals surface area contributed by atoms with Gasteiger partial charge in [0.1, 0.15) is 6.54 Å². The van der Waals surface area contributed by atoms with E-state index in [0.29, 0.717) is 11.3 Å². The number of carbonyl (C=O) groups is 3. The lowest BCUT2D eigenvalue weighted by Gasteiger charge is -2.32. The smallest absolute Gasteiger partial charge is 0.247 e. The summed E-state index contributed by atoms with van der Waals surface area (Å²) in [6.45, 7) is -0.166. The molecular formula is C13H15N3O3. The first-order chi connectivity index (χ1) is 9.04. The Morgan fingerprint density at radius 1 is 1.21 bits per heavy atom. The topological polar surface area (TPSA) is 83.7 Å². The monoisotopic (exact) mass is 261 g/mol. The van der Waals surface area contributed by atoms with Crippen molar-refractivity contribution in [2.24, 2.45) is 5.73 Å². The van der Waals surface area contributed by atoms with Crippen LogP contribution in [0.3, 0.4) is 0 Å². The number of rotatable bonds is 3. The van der Waals surface area contributed by atoms with Gasteiger partial charge in [0.2, 0.25) is 11.8 Å². The lowest BCUT2D eigenvalue weighted by molar-refractivity contribution is -0.136. The van der Waals surface area contributed by atoms with E-state index in [1.54, 1.807) is 31.3 Å². The summed E-state index contributed by atoms with van der Waals surface area (Å²) in [5.74, 6) is -0.622. The number of carbonyl (C=O) groups excluding carboxylic acids is 3. The number of ketones is 1. The summed E-state index contributed by atoms with van der Waals surface area (Å²) in [6, 6.07) is 6.69. The molecule has 0 atom stereocenters. The molecule has 0 saturated carbocycles. The zero-order chi connectivity index (χ0) is 14.0. The molecule has 19 heavy (non-hydrogen) atoms. The van der Waals surface area contributed by atoms with E-state index >= 15 is 0 Å². The van der Waals surface area contributed by atoms with Crippen LogP contribution in [-0.2, 0) is 9.59 Å². The van der Waals surface area contributed by atoms with Crippen LogP contribution in [0.25, 0.3) is 0 Å². The van der Waals surface area contributed by atoms with Crippen LogP contribution in [0.1, 0.15) is 10.4 Å². The molecule has 1 fully saturated rings. The van der Waals surface area contributed by atoms with Crippen molar-refractivity contribution in [3.63, 3.8) is 0 Å². The van der Waals surface area contributed by atoms with Gasteiger partial charge in [0.15, 0.2) is 5.78 Å². The summed E-state index contributed by atoms with van der Waals surface area (Å²) in [7, 11) is 1.58. The summed E-state index contributed by atoms with van der Waals surface area (Å²) in [5, 5.41) is 0. The third-order valence-corrected chi connectivity index (χ3v) is 3.07. The Hall–Kier alpha value is -2.21. The Balaban J connectivity index is 2.39. The molecule has 0 aromatic heterocycles. The zero-order valence-electron chi connectivity index (χ0n) is 10.6. The molecule has 1 aromatic rings. The molecule has 2 amide bonds. The van der Waals surface area contributed by atoms with Gasteiger partial charge in [-0.2, -0.15) is 0 Å². The van der Waals surface area contributed by atoms with E-state index < -0.39 is 0 Å². The average Bonchev–Trinajstić information content (AvgIpc) is 2.42. The molecule has 1 saturated heterocycles. The van der Waals surface area contributed by atoms with Gasteiger partial charge in [0, 0.05) is 12.6 Å². The highest BCUT2D eigenvalue weighted by Crippen LogP contribution is 2.22. The fourth-order valence-corrected chi connectivity index (χ4v) is 1.99. The molecule has 0 spiro atoms. The minimum Gasteiger partial charge on any atom is -0.335 e. The number of nitrogens with two attached hydrogens (primary N) is 1. The number of anilines is 1. The molecule has 100 valence electrons. The van der Waals surface area contributed by atoms with E-state index in [1.165, 1.54) is 9.80 Å². The lowest BCUT2D eigenvalue weighted by Crippen LogP contribution is -2.52. The van der Waals surface area contributed by atoms with Gasteiger partial charge in [-0.3, -0.25) is 14.4 Å². The summed E-state index contributed by atoms with van der Waals surface area (Å²) in [4.78, 5) is 38.2. The number of benzene rings is 1. The molecule has 6 nitrogen and oxygen atoms in total. The molecule has 1 aliphatic heterocycles. The molecule has 1 aliphatic rings. The van der Waals surface area contributed by atoms with Gasteiger partial charge in [0.05, 0.1) is 18.8 Å². The van der Waals surface area contributed by atoms with Crippen molar-refractivity contribution in [1.82, 2.24) is 4.90 Å². The summed E-state index contributed by atoms with van der Waals surface area (Å²) >= 11 is 0. The van der Waals surface area contributed by atoms with Crippen LogP contribution in [0.2, 0.25) is 0 Å². The predicted octanol–water partition coefficient (Wildman–Crippen LogP) is -0.367. The van der Waals surface area contributed by atoms with Gasteiger partial charge in [-0.1, -0.05) is 12.1 Å². The summed E-state index contributed by atoms with van der Waals surface area (Å²) in [5.41, 5.74) is 6.18. The SMILES string of the molecule is CN1CC(=O)N(c2ccccc2C(=O)CN)CC1=O. The molecule has 0 aliphatic carbocycles. The lowest BCUT2D eigenvalue weighted by atomic mass is 10.1. The second-order valence-electron chi connectivity index (χ2n) is 4.37. The van der Waals surface area contributed by atoms with Crippen LogP contribution in [0, 0.1) is 0 Å². The van der Waals surface area contributed by atoms with Crippen LogP contribution < -0.4 is 10.6 Å². The maximum absolute atomic E-state index is 12.0. The second-order valence-corrected chi connectivity index (χ2v) is 4.37. The van der Waals surface area contributed by atoms with Gasteiger partial charge >= 0.3 is 0 Å². The number of hydrogen-bond donors (Lipinski definition) is 1. The van der Waals surface area contributed by atoms with Gasteiger partial charge in [-0.15, -0.1) is 0 Å². The second kappa shape index (κ2) is 5.19. The Bertz CT molecular complexity index is 542. The quantitative estimate of drug-likeness (QED) is 0.753. The number of amides is 2. The number of hydrogen-bond acceptors (Lipinski definition) is 4. The third-order valence-electron chi connectivity index (χ3n) is 3.07. The van der Waals surface area contributed by atoms with Crippen LogP contribution in [0.15, 0.2) is 24.3 Å². The first-order valence-corrected chi connectivity index (χ1v) is 5.91. The number of para-hydroxylation sites is 1. The van der Waals surface area contributed by atoms with Gasteiger partial charge in [0.25, 0.3) is 0 Å². The zero-order valence-corrected chi connectivity index (χ0v) is 10.6. The minimum absolute atomic E-state index is 0.0178. The molecule has 1 aromatic carbocycles. The molecule has 2 N–H and O–H groups in total. The maximum atomic E-state index is 12.0. The number of likely N-dealkylation sites (N-methyl/N-ethyl adjacent to an activating group) is 1. The number of Topliss-reactive ketones (excluding diaryl/α,β-unsaturated/α-hetero) is 1. The Kier molecular flexibility index (Phi) is 3.62. The van der Waals surface area contributed by atoms with E-state index in [0.717, 1.165) is 0 Å². The molecule has 0 radical (unpaired) electrons. The maximum Gasteiger partial charge on any atom is 0.247 e. The molecule has 0 unspecified atom stereocenters. The highest BCUT2D eigenvalue weighted by Gasteiger charge is 2.30. The van der Waals surface area contributed by atoms with Crippen LogP contribution in [0.4, 0.5) is 5.69 Å². The molecular weight excluding hydrogens is 246 g/mol. The van der Waals surface area contributed by atoms with E-state index in [1.807, 2.05) is 0 Å². The van der Waals surface area contributed by atoms with Crippen molar-refractivity contribution in [2.45, 2.75) is 0 Å². The fraction of sp³-hybridized carbons (Fsp3) is 0.308. The van der Waals surface area contributed by atoms with Crippen LogP contribution in [-0.4, -0.2) is 49.2 Å². The first-order valence-electron chi connectivity index (χ1n) is 5.91. The Morgan fingerprint density at radius 2 is 1.89 bits per heavy atom. The Morgan fingerprint density at radius 3 is 2.58 bits per heavy atom. The van der Waals surface area contributed by atoms with E-state index in [9.17, 15) is 14.4 Å². The number of nitrogens with zero attached hydrogens (tertiary/aromatic N) is 2. The molecule has 6 heteroatoms. The standard InChI is InChI=1S/C13H15N3O3/c1-15-7-13(19)16(8-12(15)18)10-5-3-2-4-9(10)11(17)6-14/h2-5H,6-8,14H2,1H3. The highest BCUT2D eigenvalue weighted by molar-refractivity contribution is 6.10. The van der Waals surface area contributed by atoms with Crippen molar-refractivity contribution >= 4 is 23.3 Å². The van der Waals surface area contributed by atoms with Gasteiger partial charge in [-0.25, -0.2) is 0 Å². The number of piperazine rings is 1.